The average molecular weight is 321 g/mol. The van der Waals surface area contributed by atoms with Gasteiger partial charge in [-0.25, -0.2) is 0 Å². The fourth-order valence-corrected chi connectivity index (χ4v) is 0.625. The van der Waals surface area contributed by atoms with E-state index in [2.05, 4.69) is 9.97 Å². The molecule has 0 aliphatic carbocycles. The number of aromatic nitrogens is 2. The van der Waals surface area contributed by atoms with Crippen molar-refractivity contribution in [1.29, 1.82) is 0 Å². The van der Waals surface area contributed by atoms with Crippen LogP contribution in [-0.2, 0) is 4.57 Å². The smallest absolute Gasteiger partial charge is 0.314 e. The molecule has 0 saturated carbocycles. The predicted octanol–water partition coefficient (Wildman–Crippen LogP) is 2.10. The zero-order valence-electron chi connectivity index (χ0n) is 8.88. The standard InChI is InChI=1S/2C5H5N.BrH.H3O3P/c2*1-2-4-6-5-3-1;;1-4(2)3/h2*1-5H;1H;4H,(H2,1,2,3). The Kier molecular flexibility index (Phi) is 16.1. The van der Waals surface area contributed by atoms with Gasteiger partial charge in [0.1, 0.15) is 0 Å². The van der Waals surface area contributed by atoms with Gasteiger partial charge in [0, 0.05) is 24.8 Å². The molecule has 0 radical (unpaired) electrons. The molecule has 2 aromatic heterocycles. The molecule has 2 aromatic rings. The second kappa shape index (κ2) is 14.9. The van der Waals surface area contributed by atoms with E-state index in [1.165, 1.54) is 0 Å². The number of nitrogens with zero attached hydrogens (tertiary/aromatic N) is 2. The van der Waals surface area contributed by atoms with Crippen LogP contribution in [0.3, 0.4) is 0 Å². The second-order valence-electron chi connectivity index (χ2n) is 2.33. The number of hydrogen-bond acceptors (Lipinski definition) is 3. The van der Waals surface area contributed by atoms with Gasteiger partial charge in [-0.15, -0.1) is 17.0 Å². The molecule has 2 rings (SSSR count). The first kappa shape index (κ1) is 18.3. The van der Waals surface area contributed by atoms with Crippen LogP contribution in [0.25, 0.3) is 0 Å². The Labute approximate surface area is 111 Å². The summed E-state index contributed by atoms with van der Waals surface area (Å²) in [5.41, 5.74) is 0. The van der Waals surface area contributed by atoms with Crippen molar-refractivity contribution in [1.82, 2.24) is 9.97 Å². The van der Waals surface area contributed by atoms with Gasteiger partial charge in [-0.1, -0.05) is 12.1 Å². The summed E-state index contributed by atoms with van der Waals surface area (Å²) in [6, 6.07) is 11.4. The van der Waals surface area contributed by atoms with Crippen LogP contribution in [0.5, 0.6) is 0 Å². The largest absolute Gasteiger partial charge is 0.326 e. The van der Waals surface area contributed by atoms with Gasteiger partial charge < -0.3 is 9.79 Å². The van der Waals surface area contributed by atoms with Crippen LogP contribution in [0.2, 0.25) is 0 Å². The predicted molar refractivity (Wildman–Crippen MR) is 72.2 cm³/mol. The maximum atomic E-state index is 8.74. The summed E-state index contributed by atoms with van der Waals surface area (Å²) in [5, 5.41) is 0. The summed E-state index contributed by atoms with van der Waals surface area (Å²) in [6.45, 7) is 0. The molecule has 7 heteroatoms. The maximum Gasteiger partial charge on any atom is 0.314 e. The van der Waals surface area contributed by atoms with Gasteiger partial charge in [-0.2, -0.15) is 0 Å². The molecule has 2 heterocycles. The van der Waals surface area contributed by atoms with Gasteiger partial charge in [0.05, 0.1) is 0 Å². The van der Waals surface area contributed by atoms with Crippen LogP contribution < -0.4 is 0 Å². The van der Waals surface area contributed by atoms with Gasteiger partial charge in [0.25, 0.3) is 0 Å². The van der Waals surface area contributed by atoms with Crippen molar-refractivity contribution < 1.29 is 14.4 Å². The minimum Gasteiger partial charge on any atom is -0.326 e. The highest BCUT2D eigenvalue weighted by Gasteiger charge is 1.61. The number of pyridine rings is 2. The molecule has 2 N–H and O–H groups in total. The van der Waals surface area contributed by atoms with Crippen molar-refractivity contribution in [2.45, 2.75) is 0 Å². The van der Waals surface area contributed by atoms with E-state index in [0.717, 1.165) is 0 Å². The van der Waals surface area contributed by atoms with Gasteiger partial charge in [0.15, 0.2) is 0 Å². The highest BCUT2D eigenvalue weighted by atomic mass is 79.9. The Bertz CT molecular complexity index is 276. The normalized spacial score (nSPS) is 7.71. The summed E-state index contributed by atoms with van der Waals surface area (Å²) < 4.78 is 8.74. The Hall–Kier alpha value is -1.07. The molecule has 0 aliphatic rings. The fraction of sp³-hybridized carbons (Fsp3) is 0. The molecule has 0 spiro atoms. The fourth-order valence-electron chi connectivity index (χ4n) is 0.625. The van der Waals surface area contributed by atoms with E-state index in [4.69, 9.17) is 14.4 Å². The zero-order valence-corrected chi connectivity index (χ0v) is 11.6. The Balaban J connectivity index is 0. The lowest BCUT2D eigenvalue weighted by Crippen LogP contribution is -1.58. The highest BCUT2D eigenvalue weighted by molar-refractivity contribution is 8.93. The van der Waals surface area contributed by atoms with Crippen molar-refractivity contribution in [2.24, 2.45) is 0 Å². The van der Waals surface area contributed by atoms with E-state index in [-0.39, 0.29) is 17.0 Å². The van der Waals surface area contributed by atoms with Crippen LogP contribution in [0.15, 0.2) is 61.2 Å². The van der Waals surface area contributed by atoms with Crippen molar-refractivity contribution in [3.63, 3.8) is 0 Å². The minimum atomic E-state index is -3.13. The molecule has 0 aliphatic heterocycles. The molecule has 0 aromatic carbocycles. The van der Waals surface area contributed by atoms with Gasteiger partial charge >= 0.3 is 8.25 Å². The Morgan fingerprint density at radius 3 is 1.00 bits per heavy atom. The maximum absolute atomic E-state index is 8.74. The molecule has 0 amide bonds. The average Bonchev–Trinajstić information content (AvgIpc) is 2.34. The Morgan fingerprint density at radius 2 is 0.941 bits per heavy atom. The third-order valence-electron chi connectivity index (χ3n) is 1.13. The van der Waals surface area contributed by atoms with E-state index in [1.54, 1.807) is 24.8 Å². The lowest BCUT2D eigenvalue weighted by atomic mass is 10.5. The lowest BCUT2D eigenvalue weighted by molar-refractivity contribution is 0.405. The van der Waals surface area contributed by atoms with Crippen molar-refractivity contribution in [3.05, 3.63) is 61.2 Å². The molecular weight excluding hydrogens is 307 g/mol. The molecule has 0 saturated heterocycles. The Morgan fingerprint density at radius 1 is 0.706 bits per heavy atom. The van der Waals surface area contributed by atoms with Crippen LogP contribution in [-0.4, -0.2) is 19.8 Å². The topological polar surface area (TPSA) is 83.3 Å². The first-order valence-electron chi connectivity index (χ1n) is 4.35. The molecular formula is C10H14BrN2O3P. The number of hydrogen-bond donors (Lipinski definition) is 2. The molecule has 5 nitrogen and oxygen atoms in total. The first-order chi connectivity index (χ1) is 7.73. The SMILES string of the molecule is Br.O=[PH](O)O.c1ccncc1.c1ccncc1. The lowest BCUT2D eigenvalue weighted by Gasteiger charge is -1.70. The molecule has 0 bridgehead atoms. The summed E-state index contributed by atoms with van der Waals surface area (Å²) in [4.78, 5) is 21.9. The van der Waals surface area contributed by atoms with Crippen molar-refractivity contribution in [2.75, 3.05) is 0 Å². The molecule has 94 valence electrons. The monoisotopic (exact) mass is 320 g/mol. The van der Waals surface area contributed by atoms with Crippen molar-refractivity contribution >= 4 is 25.2 Å². The minimum absolute atomic E-state index is 0. The quantitative estimate of drug-likeness (QED) is 0.726. The van der Waals surface area contributed by atoms with E-state index < -0.39 is 8.25 Å². The van der Waals surface area contributed by atoms with E-state index in [1.807, 2.05) is 36.4 Å². The summed E-state index contributed by atoms with van der Waals surface area (Å²) in [6.07, 6.45) is 7.00. The van der Waals surface area contributed by atoms with Crippen LogP contribution in [0.4, 0.5) is 0 Å². The van der Waals surface area contributed by atoms with Gasteiger partial charge in [-0.05, 0) is 24.3 Å². The third kappa shape index (κ3) is 20.9. The first-order valence-corrected chi connectivity index (χ1v) is 5.65. The third-order valence-corrected chi connectivity index (χ3v) is 1.13. The number of rotatable bonds is 0. The van der Waals surface area contributed by atoms with Gasteiger partial charge in [0.2, 0.25) is 0 Å². The van der Waals surface area contributed by atoms with E-state index in [0.29, 0.717) is 0 Å². The van der Waals surface area contributed by atoms with Crippen LogP contribution in [0.1, 0.15) is 0 Å². The highest BCUT2D eigenvalue weighted by Crippen LogP contribution is 1.98. The summed E-state index contributed by atoms with van der Waals surface area (Å²) in [5.74, 6) is 0. The van der Waals surface area contributed by atoms with Crippen LogP contribution >= 0.6 is 25.2 Å². The van der Waals surface area contributed by atoms with E-state index in [9.17, 15) is 0 Å². The molecule has 0 unspecified atom stereocenters. The summed E-state index contributed by atoms with van der Waals surface area (Å²) in [7, 11) is -3.13. The van der Waals surface area contributed by atoms with Gasteiger partial charge in [-0.3, -0.25) is 14.5 Å². The zero-order chi connectivity index (χ0) is 12.1. The second-order valence-corrected chi connectivity index (χ2v) is 2.90. The summed E-state index contributed by atoms with van der Waals surface area (Å²) >= 11 is 0. The molecule has 0 atom stereocenters. The molecule has 0 fully saturated rings. The van der Waals surface area contributed by atoms with Crippen molar-refractivity contribution in [3.8, 4) is 0 Å². The molecule has 17 heavy (non-hydrogen) atoms. The number of halogens is 1. The van der Waals surface area contributed by atoms with Crippen LogP contribution in [0, 0.1) is 0 Å². The van der Waals surface area contributed by atoms with E-state index >= 15 is 0 Å².